The van der Waals surface area contributed by atoms with E-state index in [2.05, 4.69) is 53.4 Å². The van der Waals surface area contributed by atoms with Crippen LogP contribution in [-0.4, -0.2) is 19.5 Å². The third-order valence-electron chi connectivity index (χ3n) is 4.22. The van der Waals surface area contributed by atoms with Crippen LogP contribution < -0.4 is 5.73 Å². The van der Waals surface area contributed by atoms with Gasteiger partial charge in [0.25, 0.3) is 0 Å². The molecule has 0 radical (unpaired) electrons. The fourth-order valence-corrected chi connectivity index (χ4v) is 3.77. The number of hydrogen-bond acceptors (Lipinski definition) is 5. The molecule has 2 heterocycles. The van der Waals surface area contributed by atoms with Crippen molar-refractivity contribution in [1.82, 2.24) is 19.5 Å². The third kappa shape index (κ3) is 3.47. The van der Waals surface area contributed by atoms with Gasteiger partial charge in [-0.1, -0.05) is 17.8 Å². The number of unbranched alkanes of at least 4 members (excludes halogenated alkanes) is 1. The van der Waals surface area contributed by atoms with E-state index in [4.69, 9.17) is 17.1 Å². The van der Waals surface area contributed by atoms with Crippen molar-refractivity contribution in [2.24, 2.45) is 0 Å². The van der Waals surface area contributed by atoms with Crippen LogP contribution in [0.1, 0.15) is 29.5 Å². The summed E-state index contributed by atoms with van der Waals surface area (Å²) in [5, 5.41) is 0.866. The van der Waals surface area contributed by atoms with Gasteiger partial charge in [0, 0.05) is 17.9 Å². The molecular weight excluding hydrogens is 330 g/mol. The van der Waals surface area contributed by atoms with E-state index in [-0.39, 0.29) is 0 Å². The standard InChI is InChI=1S/C19H21N5S/c1-5-6-7-8-24-18-16(17(20)21-11-22-18)23-19(24)25-15-10-13(3)12(2)9-14(15)4/h1,9-11H,6-8H2,2-4H3,(H2,20,21,22). The maximum atomic E-state index is 5.99. The summed E-state index contributed by atoms with van der Waals surface area (Å²) in [5.41, 5.74) is 11.2. The highest BCUT2D eigenvalue weighted by atomic mass is 32.2. The molecule has 6 heteroatoms. The van der Waals surface area contributed by atoms with Gasteiger partial charge in [0.1, 0.15) is 6.33 Å². The van der Waals surface area contributed by atoms with Crippen molar-refractivity contribution in [2.75, 3.05) is 5.73 Å². The maximum absolute atomic E-state index is 5.99. The average Bonchev–Trinajstić information content (AvgIpc) is 2.92. The van der Waals surface area contributed by atoms with Gasteiger partial charge in [0.2, 0.25) is 0 Å². The van der Waals surface area contributed by atoms with Crippen LogP contribution in [-0.2, 0) is 6.54 Å². The summed E-state index contributed by atoms with van der Waals surface area (Å²) in [4.78, 5) is 14.3. The van der Waals surface area contributed by atoms with Gasteiger partial charge in [0.05, 0.1) is 0 Å². The smallest absolute Gasteiger partial charge is 0.175 e. The van der Waals surface area contributed by atoms with Crippen molar-refractivity contribution in [3.8, 4) is 12.3 Å². The SMILES string of the molecule is C#CCCCn1c(Sc2cc(C)c(C)cc2C)nc2c(N)ncnc21. The number of nitrogen functional groups attached to an aromatic ring is 1. The quantitative estimate of drug-likeness (QED) is 0.558. The average molecular weight is 351 g/mol. The summed E-state index contributed by atoms with van der Waals surface area (Å²) in [6.45, 7) is 7.12. The summed E-state index contributed by atoms with van der Waals surface area (Å²) in [5.74, 6) is 3.09. The van der Waals surface area contributed by atoms with Crippen LogP contribution in [0.4, 0.5) is 5.82 Å². The molecule has 3 aromatic rings. The Morgan fingerprint density at radius 3 is 2.68 bits per heavy atom. The van der Waals surface area contributed by atoms with Crippen molar-refractivity contribution in [3.63, 3.8) is 0 Å². The van der Waals surface area contributed by atoms with Crippen LogP contribution in [0.25, 0.3) is 11.2 Å². The van der Waals surface area contributed by atoms with E-state index < -0.39 is 0 Å². The van der Waals surface area contributed by atoms with Gasteiger partial charge in [-0.2, -0.15) is 0 Å². The Morgan fingerprint density at radius 2 is 1.92 bits per heavy atom. The zero-order valence-electron chi connectivity index (χ0n) is 14.7. The Balaban J connectivity index is 2.06. The molecule has 0 amide bonds. The monoisotopic (exact) mass is 351 g/mol. The lowest BCUT2D eigenvalue weighted by Crippen LogP contribution is -2.02. The van der Waals surface area contributed by atoms with E-state index in [1.807, 2.05) is 0 Å². The van der Waals surface area contributed by atoms with Crippen LogP contribution in [0.3, 0.4) is 0 Å². The second-order valence-corrected chi connectivity index (χ2v) is 7.10. The molecule has 0 saturated carbocycles. The van der Waals surface area contributed by atoms with Gasteiger partial charge in [-0.25, -0.2) is 15.0 Å². The number of nitrogens with zero attached hydrogens (tertiary/aromatic N) is 4. The molecule has 3 rings (SSSR count). The fraction of sp³-hybridized carbons (Fsp3) is 0.316. The first-order chi connectivity index (χ1) is 12.0. The van der Waals surface area contributed by atoms with Crippen LogP contribution in [0.15, 0.2) is 28.5 Å². The zero-order valence-corrected chi connectivity index (χ0v) is 15.5. The molecule has 128 valence electrons. The topological polar surface area (TPSA) is 69.6 Å². The van der Waals surface area contributed by atoms with E-state index in [9.17, 15) is 0 Å². The van der Waals surface area contributed by atoms with Gasteiger partial charge in [0.15, 0.2) is 22.1 Å². The van der Waals surface area contributed by atoms with Crippen molar-refractivity contribution in [1.29, 1.82) is 0 Å². The summed E-state index contributed by atoms with van der Waals surface area (Å²) in [7, 11) is 0. The molecule has 25 heavy (non-hydrogen) atoms. The number of nitrogens with two attached hydrogens (primary N) is 1. The zero-order chi connectivity index (χ0) is 18.0. The second-order valence-electron chi connectivity index (χ2n) is 6.09. The normalized spacial score (nSPS) is 11.0. The molecule has 1 aromatic carbocycles. The number of hydrogen-bond donors (Lipinski definition) is 1. The van der Waals surface area contributed by atoms with Crippen LogP contribution in [0, 0.1) is 33.1 Å². The first kappa shape index (κ1) is 17.3. The molecule has 2 aromatic heterocycles. The molecule has 0 aliphatic rings. The highest BCUT2D eigenvalue weighted by Crippen LogP contribution is 2.34. The molecule has 0 unspecified atom stereocenters. The number of imidazole rings is 1. The Labute approximate surface area is 152 Å². The lowest BCUT2D eigenvalue weighted by molar-refractivity contribution is 0.615. The number of anilines is 1. The van der Waals surface area contributed by atoms with Gasteiger partial charge >= 0.3 is 0 Å². The largest absolute Gasteiger partial charge is 0.382 e. The Morgan fingerprint density at radius 1 is 1.16 bits per heavy atom. The molecule has 0 saturated heterocycles. The molecule has 0 aliphatic carbocycles. The molecule has 0 aliphatic heterocycles. The van der Waals surface area contributed by atoms with Crippen LogP contribution in [0.5, 0.6) is 0 Å². The summed E-state index contributed by atoms with van der Waals surface area (Å²) >= 11 is 1.63. The highest BCUT2D eigenvalue weighted by Gasteiger charge is 2.16. The minimum absolute atomic E-state index is 0.402. The van der Waals surface area contributed by atoms with Crippen molar-refractivity contribution >= 4 is 28.7 Å². The molecule has 0 atom stereocenters. The van der Waals surface area contributed by atoms with E-state index in [1.165, 1.54) is 27.9 Å². The lowest BCUT2D eigenvalue weighted by Gasteiger charge is -2.11. The predicted molar refractivity (Wildman–Crippen MR) is 103 cm³/mol. The van der Waals surface area contributed by atoms with E-state index in [0.29, 0.717) is 17.8 Å². The number of aryl methyl sites for hydroxylation is 4. The summed E-state index contributed by atoms with van der Waals surface area (Å²) in [6.07, 6.45) is 8.45. The first-order valence-electron chi connectivity index (χ1n) is 8.17. The summed E-state index contributed by atoms with van der Waals surface area (Å²) < 4.78 is 2.09. The van der Waals surface area contributed by atoms with Crippen molar-refractivity contribution < 1.29 is 0 Å². The molecule has 0 spiro atoms. The third-order valence-corrected chi connectivity index (χ3v) is 5.37. The maximum Gasteiger partial charge on any atom is 0.175 e. The number of fused-ring (bicyclic) bond motifs is 1. The van der Waals surface area contributed by atoms with Gasteiger partial charge in [-0.3, -0.25) is 0 Å². The van der Waals surface area contributed by atoms with Gasteiger partial charge in [-0.05, 0) is 49.9 Å². The second kappa shape index (κ2) is 7.16. The number of rotatable bonds is 5. The Kier molecular flexibility index (Phi) is 4.95. The Bertz CT molecular complexity index is 968. The van der Waals surface area contributed by atoms with Gasteiger partial charge < -0.3 is 10.3 Å². The molecule has 0 fully saturated rings. The fourth-order valence-electron chi connectivity index (χ4n) is 2.70. The predicted octanol–water partition coefficient (Wildman–Crippen LogP) is 3.90. The van der Waals surface area contributed by atoms with Gasteiger partial charge in [-0.15, -0.1) is 12.3 Å². The number of terminal acetylenes is 1. The lowest BCUT2D eigenvalue weighted by atomic mass is 10.1. The van der Waals surface area contributed by atoms with Crippen LogP contribution in [0.2, 0.25) is 0 Å². The van der Waals surface area contributed by atoms with Crippen molar-refractivity contribution in [2.45, 2.75) is 50.2 Å². The Hall–Kier alpha value is -2.52. The summed E-state index contributed by atoms with van der Waals surface area (Å²) in [6, 6.07) is 4.41. The number of benzene rings is 1. The van der Waals surface area contributed by atoms with E-state index in [0.717, 1.165) is 23.8 Å². The molecule has 2 N–H and O–H groups in total. The highest BCUT2D eigenvalue weighted by molar-refractivity contribution is 7.99. The number of aromatic nitrogens is 4. The minimum Gasteiger partial charge on any atom is -0.382 e. The molecule has 5 nitrogen and oxygen atoms in total. The molecular formula is C19H21N5S. The molecule has 0 bridgehead atoms. The minimum atomic E-state index is 0.402. The van der Waals surface area contributed by atoms with Crippen molar-refractivity contribution in [3.05, 3.63) is 35.2 Å². The van der Waals surface area contributed by atoms with E-state index >= 15 is 0 Å². The van der Waals surface area contributed by atoms with Crippen LogP contribution >= 0.6 is 11.8 Å². The van der Waals surface area contributed by atoms with E-state index in [1.54, 1.807) is 11.8 Å². The first-order valence-corrected chi connectivity index (χ1v) is 8.98.